The fraction of sp³-hybridized carbons (Fsp3) is 0.214. The molecule has 2 rings (SSSR count). The zero-order chi connectivity index (χ0) is 13.8. The van der Waals surface area contributed by atoms with Crippen LogP contribution in [0.5, 0.6) is 0 Å². The Morgan fingerprint density at radius 1 is 1.42 bits per heavy atom. The van der Waals surface area contributed by atoms with E-state index in [9.17, 15) is 4.79 Å². The van der Waals surface area contributed by atoms with Crippen LogP contribution in [0, 0.1) is 0 Å². The number of aromatic nitrogens is 2. The van der Waals surface area contributed by atoms with Crippen LogP contribution in [0.4, 0.5) is 0 Å². The van der Waals surface area contributed by atoms with Crippen LogP contribution < -0.4 is 0 Å². The highest BCUT2D eigenvalue weighted by atomic mass is 32.1. The predicted molar refractivity (Wildman–Crippen MR) is 76.1 cm³/mol. The smallest absolute Gasteiger partial charge is 0.328 e. The van der Waals surface area contributed by atoms with Gasteiger partial charge in [-0.15, -0.1) is 11.3 Å². The molecule has 19 heavy (non-hydrogen) atoms. The summed E-state index contributed by atoms with van der Waals surface area (Å²) in [5.41, 5.74) is 1.72. The summed E-state index contributed by atoms with van der Waals surface area (Å²) >= 11 is 1.46. The van der Waals surface area contributed by atoms with Crippen molar-refractivity contribution >= 4 is 23.4 Å². The molecule has 0 saturated heterocycles. The molecule has 0 saturated carbocycles. The third-order valence-electron chi connectivity index (χ3n) is 2.49. The summed E-state index contributed by atoms with van der Waals surface area (Å²) < 4.78 is 0. The Hall–Kier alpha value is -2.01. The van der Waals surface area contributed by atoms with Crippen LogP contribution in [0.2, 0.25) is 0 Å². The van der Waals surface area contributed by atoms with Gasteiger partial charge in [0.2, 0.25) is 0 Å². The molecule has 2 aromatic rings. The zero-order valence-electron chi connectivity index (χ0n) is 10.7. The monoisotopic (exact) mass is 274 g/mol. The number of carboxylic acids is 1. The lowest BCUT2D eigenvalue weighted by Gasteiger charge is -2.00. The fourth-order valence-corrected chi connectivity index (χ4v) is 2.72. The number of hydrogen-bond donors (Lipinski definition) is 1. The minimum absolute atomic E-state index is 0.238. The summed E-state index contributed by atoms with van der Waals surface area (Å²) in [6, 6.07) is 5.66. The van der Waals surface area contributed by atoms with Gasteiger partial charge < -0.3 is 5.11 Å². The van der Waals surface area contributed by atoms with Gasteiger partial charge >= 0.3 is 5.97 Å². The number of nitrogens with zero attached hydrogens (tertiary/aromatic N) is 2. The molecule has 5 heteroatoms. The second-order valence-electron chi connectivity index (χ2n) is 4.31. The van der Waals surface area contributed by atoms with E-state index in [2.05, 4.69) is 9.97 Å². The van der Waals surface area contributed by atoms with Gasteiger partial charge in [-0.25, -0.2) is 9.78 Å². The first-order valence-electron chi connectivity index (χ1n) is 5.91. The van der Waals surface area contributed by atoms with Gasteiger partial charge in [0.25, 0.3) is 0 Å². The van der Waals surface area contributed by atoms with Crippen molar-refractivity contribution in [1.82, 2.24) is 9.97 Å². The summed E-state index contributed by atoms with van der Waals surface area (Å²) in [5, 5.41) is 9.53. The van der Waals surface area contributed by atoms with Crippen molar-refractivity contribution in [3.63, 3.8) is 0 Å². The van der Waals surface area contributed by atoms with E-state index in [1.54, 1.807) is 12.3 Å². The molecule has 0 spiro atoms. The Balaban J connectivity index is 2.44. The second kappa shape index (κ2) is 5.75. The lowest BCUT2D eigenvalue weighted by molar-refractivity contribution is -0.131. The lowest BCUT2D eigenvalue weighted by atomic mass is 10.1. The Kier molecular flexibility index (Phi) is 4.06. The Morgan fingerprint density at radius 3 is 2.79 bits per heavy atom. The van der Waals surface area contributed by atoms with Crippen molar-refractivity contribution in [3.05, 3.63) is 41.0 Å². The molecule has 0 aromatic carbocycles. The first-order chi connectivity index (χ1) is 9.08. The van der Waals surface area contributed by atoms with Crippen LogP contribution in [0.15, 0.2) is 30.5 Å². The van der Waals surface area contributed by atoms with Crippen LogP contribution in [0.3, 0.4) is 0 Å². The molecule has 0 aliphatic carbocycles. The molecule has 0 aliphatic heterocycles. The van der Waals surface area contributed by atoms with Crippen molar-refractivity contribution in [2.45, 2.75) is 19.8 Å². The van der Waals surface area contributed by atoms with Crippen LogP contribution >= 0.6 is 11.3 Å². The van der Waals surface area contributed by atoms with E-state index < -0.39 is 5.97 Å². The molecule has 0 fully saturated rings. The van der Waals surface area contributed by atoms with Gasteiger partial charge in [-0.05, 0) is 24.1 Å². The fourth-order valence-electron chi connectivity index (χ4n) is 1.62. The van der Waals surface area contributed by atoms with Crippen molar-refractivity contribution in [1.29, 1.82) is 0 Å². The van der Waals surface area contributed by atoms with E-state index in [-0.39, 0.29) is 5.92 Å². The first-order valence-corrected chi connectivity index (χ1v) is 6.72. The molecule has 98 valence electrons. The van der Waals surface area contributed by atoms with Gasteiger partial charge in [0.15, 0.2) is 0 Å². The molecular weight excluding hydrogens is 260 g/mol. The molecule has 0 atom stereocenters. The summed E-state index contributed by atoms with van der Waals surface area (Å²) in [7, 11) is 0. The maximum Gasteiger partial charge on any atom is 0.328 e. The molecule has 1 N–H and O–H groups in total. The lowest BCUT2D eigenvalue weighted by Crippen LogP contribution is -1.91. The third-order valence-corrected chi connectivity index (χ3v) is 3.55. The Labute approximate surface area is 115 Å². The van der Waals surface area contributed by atoms with Gasteiger partial charge in [-0.2, -0.15) is 0 Å². The summed E-state index contributed by atoms with van der Waals surface area (Å²) in [6.45, 7) is 4.07. The standard InChI is InChI=1S/C14H14N2O2S/c1-9(2)13-11(6-7-12(17)18)19-14(16-13)10-5-3-4-8-15-10/h3-9H,1-2H3,(H,17,18)/b7-6+. The highest BCUT2D eigenvalue weighted by molar-refractivity contribution is 7.16. The normalized spacial score (nSPS) is 11.3. The van der Waals surface area contributed by atoms with E-state index in [0.717, 1.165) is 27.3 Å². The Bertz CT molecular complexity index is 603. The van der Waals surface area contributed by atoms with Gasteiger partial charge in [-0.1, -0.05) is 19.9 Å². The topological polar surface area (TPSA) is 63.1 Å². The Morgan fingerprint density at radius 2 is 2.21 bits per heavy atom. The van der Waals surface area contributed by atoms with E-state index in [1.807, 2.05) is 32.0 Å². The van der Waals surface area contributed by atoms with E-state index in [4.69, 9.17) is 5.11 Å². The van der Waals surface area contributed by atoms with Crippen molar-refractivity contribution in [3.8, 4) is 10.7 Å². The largest absolute Gasteiger partial charge is 0.478 e. The third kappa shape index (κ3) is 3.26. The average molecular weight is 274 g/mol. The van der Waals surface area contributed by atoms with Crippen LogP contribution in [0.25, 0.3) is 16.8 Å². The average Bonchev–Trinajstić information content (AvgIpc) is 2.81. The molecule has 4 nitrogen and oxygen atoms in total. The summed E-state index contributed by atoms with van der Waals surface area (Å²) in [6.07, 6.45) is 4.46. The predicted octanol–water partition coefficient (Wildman–Crippen LogP) is 3.43. The van der Waals surface area contributed by atoms with Crippen LogP contribution in [-0.4, -0.2) is 21.0 Å². The molecule has 0 amide bonds. The van der Waals surface area contributed by atoms with Crippen molar-refractivity contribution < 1.29 is 9.90 Å². The van der Waals surface area contributed by atoms with Gasteiger partial charge in [-0.3, -0.25) is 4.98 Å². The molecule has 2 aromatic heterocycles. The zero-order valence-corrected chi connectivity index (χ0v) is 11.5. The number of thiazole rings is 1. The van der Waals surface area contributed by atoms with Gasteiger partial charge in [0.05, 0.1) is 16.3 Å². The van der Waals surface area contributed by atoms with E-state index in [0.29, 0.717) is 0 Å². The minimum Gasteiger partial charge on any atom is -0.478 e. The maximum absolute atomic E-state index is 10.6. The number of hydrogen-bond acceptors (Lipinski definition) is 4. The van der Waals surface area contributed by atoms with E-state index in [1.165, 1.54) is 11.3 Å². The molecule has 0 radical (unpaired) electrons. The quantitative estimate of drug-likeness (QED) is 0.868. The van der Waals surface area contributed by atoms with Crippen LogP contribution in [-0.2, 0) is 4.79 Å². The molecule has 0 aliphatic rings. The van der Waals surface area contributed by atoms with Gasteiger partial charge in [0, 0.05) is 12.3 Å². The van der Waals surface area contributed by atoms with Crippen molar-refractivity contribution in [2.24, 2.45) is 0 Å². The number of carbonyl (C=O) groups is 1. The number of rotatable bonds is 4. The van der Waals surface area contributed by atoms with E-state index >= 15 is 0 Å². The number of carboxylic acid groups (broad SMARTS) is 1. The second-order valence-corrected chi connectivity index (χ2v) is 5.34. The summed E-state index contributed by atoms with van der Waals surface area (Å²) in [5.74, 6) is -0.718. The SMILES string of the molecule is CC(C)c1nc(-c2ccccn2)sc1/C=C/C(=O)O. The highest BCUT2D eigenvalue weighted by Crippen LogP contribution is 2.31. The number of pyridine rings is 1. The van der Waals surface area contributed by atoms with Gasteiger partial charge in [0.1, 0.15) is 5.01 Å². The molecule has 0 unspecified atom stereocenters. The maximum atomic E-state index is 10.6. The van der Waals surface area contributed by atoms with Crippen LogP contribution in [0.1, 0.15) is 30.3 Å². The van der Waals surface area contributed by atoms with Crippen molar-refractivity contribution in [2.75, 3.05) is 0 Å². The molecule has 2 heterocycles. The highest BCUT2D eigenvalue weighted by Gasteiger charge is 2.14. The number of aliphatic carboxylic acids is 1. The molecule has 0 bridgehead atoms. The first kappa shape index (κ1) is 13.4. The molecular formula is C14H14N2O2S. The summed E-state index contributed by atoms with van der Waals surface area (Å²) in [4.78, 5) is 20.3. The minimum atomic E-state index is -0.956.